The van der Waals surface area contributed by atoms with Crippen LogP contribution < -0.4 is 0 Å². The van der Waals surface area contributed by atoms with Gasteiger partial charge in [-0.1, -0.05) is 30.3 Å². The van der Waals surface area contributed by atoms with E-state index in [9.17, 15) is 14.7 Å². The molecule has 21 heavy (non-hydrogen) atoms. The van der Waals surface area contributed by atoms with Crippen molar-refractivity contribution in [3.63, 3.8) is 0 Å². The smallest absolute Gasteiger partial charge is 0.326 e. The first-order valence-electron chi connectivity index (χ1n) is 7.32. The molecular formula is C16H22N2O3. The Balaban J connectivity index is 1.91. The van der Waals surface area contributed by atoms with Crippen LogP contribution in [0.15, 0.2) is 30.3 Å². The van der Waals surface area contributed by atoms with Gasteiger partial charge in [0.15, 0.2) is 0 Å². The predicted molar refractivity (Wildman–Crippen MR) is 79.8 cm³/mol. The van der Waals surface area contributed by atoms with Crippen molar-refractivity contribution < 1.29 is 14.7 Å². The number of likely N-dealkylation sites (tertiary alicyclic amines) is 1. The van der Waals surface area contributed by atoms with Gasteiger partial charge in [0.05, 0.1) is 6.54 Å². The van der Waals surface area contributed by atoms with Crippen molar-refractivity contribution >= 4 is 11.9 Å². The zero-order valence-corrected chi connectivity index (χ0v) is 12.4. The van der Waals surface area contributed by atoms with Gasteiger partial charge in [-0.25, -0.2) is 4.79 Å². The van der Waals surface area contributed by atoms with Crippen LogP contribution >= 0.6 is 0 Å². The lowest BCUT2D eigenvalue weighted by Crippen LogP contribution is -2.50. The number of hydrogen-bond acceptors (Lipinski definition) is 3. The van der Waals surface area contributed by atoms with E-state index < -0.39 is 12.0 Å². The molecule has 1 atom stereocenters. The quantitative estimate of drug-likeness (QED) is 0.894. The highest BCUT2D eigenvalue weighted by molar-refractivity contribution is 5.85. The maximum absolute atomic E-state index is 12.3. The van der Waals surface area contributed by atoms with Crippen LogP contribution in [0.4, 0.5) is 0 Å². The van der Waals surface area contributed by atoms with Gasteiger partial charge in [-0.05, 0) is 31.9 Å². The molecule has 1 aliphatic heterocycles. The lowest BCUT2D eigenvalue weighted by Gasteiger charge is -2.34. The fourth-order valence-corrected chi connectivity index (χ4v) is 2.76. The molecule has 0 unspecified atom stereocenters. The summed E-state index contributed by atoms with van der Waals surface area (Å²) in [5.41, 5.74) is 1.14. The van der Waals surface area contributed by atoms with E-state index in [1.807, 2.05) is 42.3 Å². The zero-order chi connectivity index (χ0) is 15.2. The van der Waals surface area contributed by atoms with Crippen molar-refractivity contribution in [2.24, 2.45) is 0 Å². The summed E-state index contributed by atoms with van der Waals surface area (Å²) in [4.78, 5) is 27.0. The molecule has 1 heterocycles. The van der Waals surface area contributed by atoms with Gasteiger partial charge >= 0.3 is 5.97 Å². The normalized spacial score (nSPS) is 18.8. The number of benzene rings is 1. The van der Waals surface area contributed by atoms with Crippen LogP contribution in [-0.4, -0.2) is 53.0 Å². The Hall–Kier alpha value is -1.88. The summed E-state index contributed by atoms with van der Waals surface area (Å²) in [6.45, 7) is 1.48. The molecule has 0 radical (unpaired) electrons. The first kappa shape index (κ1) is 15.5. The topological polar surface area (TPSA) is 60.9 Å². The molecule has 2 rings (SSSR count). The van der Waals surface area contributed by atoms with Gasteiger partial charge in [0, 0.05) is 13.1 Å². The summed E-state index contributed by atoms with van der Waals surface area (Å²) in [7, 11) is 1.88. The van der Waals surface area contributed by atoms with Crippen LogP contribution in [0, 0.1) is 0 Å². The fourth-order valence-electron chi connectivity index (χ4n) is 2.76. The third-order valence-electron chi connectivity index (χ3n) is 3.81. The number of amides is 1. The lowest BCUT2D eigenvalue weighted by atomic mass is 10.0. The van der Waals surface area contributed by atoms with E-state index in [0.29, 0.717) is 19.5 Å². The maximum atomic E-state index is 12.3. The fraction of sp³-hybridized carbons (Fsp3) is 0.500. The van der Waals surface area contributed by atoms with Gasteiger partial charge < -0.3 is 10.0 Å². The Morgan fingerprint density at radius 2 is 2.00 bits per heavy atom. The van der Waals surface area contributed by atoms with E-state index in [4.69, 9.17) is 0 Å². The van der Waals surface area contributed by atoms with Crippen molar-refractivity contribution in [3.8, 4) is 0 Å². The molecule has 0 bridgehead atoms. The monoisotopic (exact) mass is 290 g/mol. The minimum Gasteiger partial charge on any atom is -0.480 e. The van der Waals surface area contributed by atoms with Crippen LogP contribution in [0.25, 0.3) is 0 Å². The molecule has 5 nitrogen and oxygen atoms in total. The Labute approximate surface area is 125 Å². The van der Waals surface area contributed by atoms with Crippen molar-refractivity contribution in [1.29, 1.82) is 0 Å². The molecule has 1 aromatic rings. The summed E-state index contributed by atoms with van der Waals surface area (Å²) in [5, 5.41) is 9.22. The number of rotatable bonds is 5. The van der Waals surface area contributed by atoms with Crippen molar-refractivity contribution in [2.45, 2.75) is 31.8 Å². The number of likely N-dealkylation sites (N-methyl/N-ethyl adjacent to an activating group) is 1. The van der Waals surface area contributed by atoms with E-state index in [2.05, 4.69) is 0 Å². The van der Waals surface area contributed by atoms with Gasteiger partial charge in [0.25, 0.3) is 0 Å². The van der Waals surface area contributed by atoms with Crippen LogP contribution in [0.2, 0.25) is 0 Å². The average Bonchev–Trinajstić information content (AvgIpc) is 2.48. The molecule has 114 valence electrons. The number of piperidine rings is 1. The standard InChI is InChI=1S/C16H22N2O3/c1-17(11-13-7-3-2-4-8-13)12-15(19)18-10-6-5-9-14(18)16(20)21/h2-4,7-8,14H,5-6,9-12H2,1H3,(H,20,21)/t14-/m0/s1. The summed E-state index contributed by atoms with van der Waals surface area (Å²) in [6, 6.07) is 9.27. The lowest BCUT2D eigenvalue weighted by molar-refractivity contribution is -0.152. The maximum Gasteiger partial charge on any atom is 0.326 e. The number of hydrogen-bond donors (Lipinski definition) is 1. The summed E-state index contributed by atoms with van der Waals surface area (Å²) in [5.74, 6) is -0.991. The van der Waals surface area contributed by atoms with E-state index in [1.165, 1.54) is 4.90 Å². The minimum atomic E-state index is -0.895. The van der Waals surface area contributed by atoms with Crippen molar-refractivity contribution in [1.82, 2.24) is 9.80 Å². The van der Waals surface area contributed by atoms with E-state index in [-0.39, 0.29) is 12.5 Å². The molecule has 1 aliphatic rings. The highest BCUT2D eigenvalue weighted by Gasteiger charge is 2.31. The predicted octanol–water partition coefficient (Wildman–Crippen LogP) is 1.58. The van der Waals surface area contributed by atoms with Crippen molar-refractivity contribution in [2.75, 3.05) is 20.1 Å². The number of aliphatic carboxylic acids is 1. The first-order valence-corrected chi connectivity index (χ1v) is 7.32. The third kappa shape index (κ3) is 4.29. The van der Waals surface area contributed by atoms with Gasteiger partial charge in [-0.15, -0.1) is 0 Å². The molecule has 0 aliphatic carbocycles. The molecule has 0 saturated carbocycles. The Kier molecular flexibility index (Phi) is 5.33. The first-order chi connectivity index (χ1) is 10.1. The van der Waals surface area contributed by atoms with Gasteiger partial charge in [0.2, 0.25) is 5.91 Å². The second kappa shape index (κ2) is 7.22. The van der Waals surface area contributed by atoms with Gasteiger partial charge in [-0.2, -0.15) is 0 Å². The molecule has 0 spiro atoms. The van der Waals surface area contributed by atoms with Crippen LogP contribution in [0.5, 0.6) is 0 Å². The van der Waals surface area contributed by atoms with Gasteiger partial charge in [-0.3, -0.25) is 9.69 Å². The Morgan fingerprint density at radius 3 is 2.67 bits per heavy atom. The number of carbonyl (C=O) groups excluding carboxylic acids is 1. The van der Waals surface area contributed by atoms with Crippen LogP contribution in [0.1, 0.15) is 24.8 Å². The SMILES string of the molecule is CN(CC(=O)N1CCCC[C@H]1C(=O)O)Cc1ccccc1. The zero-order valence-electron chi connectivity index (χ0n) is 12.4. The molecular weight excluding hydrogens is 268 g/mol. The Bertz CT molecular complexity index is 490. The second-order valence-electron chi connectivity index (χ2n) is 5.59. The molecule has 1 amide bonds. The molecule has 0 aromatic heterocycles. The third-order valence-corrected chi connectivity index (χ3v) is 3.81. The Morgan fingerprint density at radius 1 is 1.29 bits per heavy atom. The minimum absolute atomic E-state index is 0.0967. The second-order valence-corrected chi connectivity index (χ2v) is 5.59. The molecule has 5 heteroatoms. The highest BCUT2D eigenvalue weighted by atomic mass is 16.4. The highest BCUT2D eigenvalue weighted by Crippen LogP contribution is 2.17. The van der Waals surface area contributed by atoms with E-state index >= 15 is 0 Å². The molecule has 1 saturated heterocycles. The number of nitrogens with zero attached hydrogens (tertiary/aromatic N) is 2. The van der Waals surface area contributed by atoms with Crippen molar-refractivity contribution in [3.05, 3.63) is 35.9 Å². The summed E-state index contributed by atoms with van der Waals surface area (Å²) in [6.07, 6.45) is 2.32. The number of carboxylic acids is 1. The van der Waals surface area contributed by atoms with E-state index in [0.717, 1.165) is 18.4 Å². The molecule has 1 aromatic carbocycles. The largest absolute Gasteiger partial charge is 0.480 e. The van der Waals surface area contributed by atoms with Crippen LogP contribution in [-0.2, 0) is 16.1 Å². The van der Waals surface area contributed by atoms with E-state index in [1.54, 1.807) is 0 Å². The number of carbonyl (C=O) groups is 2. The molecule has 1 fully saturated rings. The van der Waals surface area contributed by atoms with Gasteiger partial charge in [0.1, 0.15) is 6.04 Å². The molecule has 1 N–H and O–H groups in total. The summed E-state index contributed by atoms with van der Waals surface area (Å²) >= 11 is 0. The number of carboxylic acid groups (broad SMARTS) is 1. The summed E-state index contributed by atoms with van der Waals surface area (Å²) < 4.78 is 0. The van der Waals surface area contributed by atoms with Crippen LogP contribution in [0.3, 0.4) is 0 Å². The average molecular weight is 290 g/mol.